The van der Waals surface area contributed by atoms with Crippen molar-refractivity contribution in [3.05, 3.63) is 0 Å². The molecule has 1 rings (SSSR count). The standard InChI is InChI=1S/C7H15N3/c1-6(2)10-7(8-3)4-5-9-10/h5-8H,4H2,1-3H3/t7-/m0/s1. The van der Waals surface area contributed by atoms with Crippen LogP contribution >= 0.6 is 0 Å². The van der Waals surface area contributed by atoms with Crippen LogP contribution in [0, 0.1) is 0 Å². The molecule has 0 aromatic rings. The molecule has 0 unspecified atom stereocenters. The lowest BCUT2D eigenvalue weighted by Crippen LogP contribution is -2.41. The second kappa shape index (κ2) is 3.01. The maximum atomic E-state index is 4.23. The Morgan fingerprint density at radius 3 is 2.80 bits per heavy atom. The zero-order chi connectivity index (χ0) is 7.56. The van der Waals surface area contributed by atoms with Crippen LogP contribution in [0.25, 0.3) is 0 Å². The first-order chi connectivity index (χ1) is 4.75. The van der Waals surface area contributed by atoms with Crippen molar-refractivity contribution in [2.24, 2.45) is 5.10 Å². The molecular weight excluding hydrogens is 126 g/mol. The third-order valence-electron chi connectivity index (χ3n) is 1.73. The molecule has 3 nitrogen and oxygen atoms in total. The zero-order valence-corrected chi connectivity index (χ0v) is 6.83. The highest BCUT2D eigenvalue weighted by molar-refractivity contribution is 5.59. The summed E-state index contributed by atoms with van der Waals surface area (Å²) in [5.74, 6) is 0. The molecule has 0 saturated carbocycles. The fourth-order valence-electron chi connectivity index (χ4n) is 1.17. The summed E-state index contributed by atoms with van der Waals surface area (Å²) >= 11 is 0. The van der Waals surface area contributed by atoms with E-state index in [4.69, 9.17) is 0 Å². The zero-order valence-electron chi connectivity index (χ0n) is 6.83. The minimum atomic E-state index is 0.417. The van der Waals surface area contributed by atoms with Crippen LogP contribution in [0.4, 0.5) is 0 Å². The molecule has 1 aliphatic rings. The first-order valence-corrected chi connectivity index (χ1v) is 3.73. The Morgan fingerprint density at radius 2 is 2.40 bits per heavy atom. The van der Waals surface area contributed by atoms with Crippen molar-refractivity contribution in [1.82, 2.24) is 10.3 Å². The third kappa shape index (κ3) is 1.29. The molecule has 0 aliphatic carbocycles. The van der Waals surface area contributed by atoms with Crippen LogP contribution in [0.1, 0.15) is 20.3 Å². The number of hydrogen-bond donors (Lipinski definition) is 1. The number of hydrazone groups is 1. The second-order valence-electron chi connectivity index (χ2n) is 2.81. The molecule has 0 aromatic carbocycles. The maximum Gasteiger partial charge on any atom is 0.101 e. The van der Waals surface area contributed by atoms with Gasteiger partial charge in [-0.05, 0) is 20.9 Å². The van der Waals surface area contributed by atoms with E-state index >= 15 is 0 Å². The highest BCUT2D eigenvalue weighted by atomic mass is 15.5. The van der Waals surface area contributed by atoms with Crippen molar-refractivity contribution in [2.75, 3.05) is 7.05 Å². The van der Waals surface area contributed by atoms with E-state index in [1.54, 1.807) is 0 Å². The highest BCUT2D eigenvalue weighted by Gasteiger charge is 2.20. The molecule has 0 bridgehead atoms. The van der Waals surface area contributed by atoms with Gasteiger partial charge in [0.05, 0.1) is 0 Å². The molecule has 1 atom stereocenters. The molecule has 58 valence electrons. The van der Waals surface area contributed by atoms with Gasteiger partial charge in [-0.3, -0.25) is 10.3 Å². The van der Waals surface area contributed by atoms with E-state index < -0.39 is 0 Å². The van der Waals surface area contributed by atoms with E-state index in [9.17, 15) is 0 Å². The van der Waals surface area contributed by atoms with Crippen molar-refractivity contribution < 1.29 is 0 Å². The van der Waals surface area contributed by atoms with Crippen molar-refractivity contribution in [3.8, 4) is 0 Å². The van der Waals surface area contributed by atoms with E-state index in [0.717, 1.165) is 6.42 Å². The summed E-state index contributed by atoms with van der Waals surface area (Å²) in [4.78, 5) is 0. The predicted molar refractivity (Wildman–Crippen MR) is 42.9 cm³/mol. The summed E-state index contributed by atoms with van der Waals surface area (Å²) in [6.07, 6.45) is 3.40. The average molecular weight is 141 g/mol. The van der Waals surface area contributed by atoms with Gasteiger partial charge in [0.1, 0.15) is 6.17 Å². The maximum absolute atomic E-state index is 4.23. The van der Waals surface area contributed by atoms with Gasteiger partial charge in [0.2, 0.25) is 0 Å². The summed E-state index contributed by atoms with van der Waals surface area (Å²) in [5.41, 5.74) is 0. The summed E-state index contributed by atoms with van der Waals surface area (Å²) in [6.45, 7) is 4.29. The molecule has 3 heteroatoms. The Bertz CT molecular complexity index is 131. The molecule has 1 aliphatic heterocycles. The Hall–Kier alpha value is -0.570. The molecule has 0 aromatic heterocycles. The molecule has 1 heterocycles. The molecule has 1 N–H and O–H groups in total. The predicted octanol–water partition coefficient (Wildman–Crippen LogP) is 0.632. The SMILES string of the molecule is CN[C@@H]1CC=NN1C(C)C. The van der Waals surface area contributed by atoms with Crippen LogP contribution in [-0.4, -0.2) is 30.5 Å². The van der Waals surface area contributed by atoms with Crippen LogP contribution in [0.15, 0.2) is 5.10 Å². The van der Waals surface area contributed by atoms with Crippen LogP contribution in [0.2, 0.25) is 0 Å². The van der Waals surface area contributed by atoms with Crippen molar-refractivity contribution in [3.63, 3.8) is 0 Å². The quantitative estimate of drug-likeness (QED) is 0.611. The fourth-order valence-corrected chi connectivity index (χ4v) is 1.17. The Balaban J connectivity index is 2.49. The summed E-state index contributed by atoms with van der Waals surface area (Å²) in [5, 5.41) is 9.51. The third-order valence-corrected chi connectivity index (χ3v) is 1.73. The van der Waals surface area contributed by atoms with Gasteiger partial charge in [-0.25, -0.2) is 0 Å². The fraction of sp³-hybridized carbons (Fsp3) is 0.857. The number of nitrogens with one attached hydrogen (secondary N) is 1. The first-order valence-electron chi connectivity index (χ1n) is 3.73. The van der Waals surface area contributed by atoms with Gasteiger partial charge in [-0.15, -0.1) is 0 Å². The van der Waals surface area contributed by atoms with Gasteiger partial charge < -0.3 is 0 Å². The summed E-state index contributed by atoms with van der Waals surface area (Å²) in [6, 6.07) is 0.496. The Kier molecular flexibility index (Phi) is 2.27. The topological polar surface area (TPSA) is 27.6 Å². The van der Waals surface area contributed by atoms with E-state index in [1.807, 2.05) is 13.3 Å². The number of nitrogens with zero attached hydrogens (tertiary/aromatic N) is 2. The van der Waals surface area contributed by atoms with E-state index in [0.29, 0.717) is 12.2 Å². The molecule has 0 saturated heterocycles. The minimum absolute atomic E-state index is 0.417. The van der Waals surface area contributed by atoms with E-state index in [2.05, 4.69) is 29.3 Å². The van der Waals surface area contributed by atoms with Crippen LogP contribution in [0.3, 0.4) is 0 Å². The van der Waals surface area contributed by atoms with Crippen molar-refractivity contribution in [2.45, 2.75) is 32.5 Å². The number of hydrogen-bond acceptors (Lipinski definition) is 3. The minimum Gasteiger partial charge on any atom is -0.299 e. The molecule has 10 heavy (non-hydrogen) atoms. The van der Waals surface area contributed by atoms with Gasteiger partial charge in [0, 0.05) is 18.7 Å². The molecule has 0 radical (unpaired) electrons. The van der Waals surface area contributed by atoms with Crippen molar-refractivity contribution >= 4 is 6.21 Å². The molecular formula is C7H15N3. The van der Waals surface area contributed by atoms with Gasteiger partial charge in [-0.2, -0.15) is 5.10 Å². The van der Waals surface area contributed by atoms with Gasteiger partial charge >= 0.3 is 0 Å². The van der Waals surface area contributed by atoms with E-state index in [1.165, 1.54) is 0 Å². The lowest BCUT2D eigenvalue weighted by molar-refractivity contribution is 0.162. The molecule has 0 amide bonds. The Labute approximate surface area is 62.1 Å². The number of rotatable bonds is 2. The van der Waals surface area contributed by atoms with E-state index in [-0.39, 0.29) is 0 Å². The van der Waals surface area contributed by atoms with Crippen LogP contribution in [0.5, 0.6) is 0 Å². The summed E-state index contributed by atoms with van der Waals surface area (Å²) in [7, 11) is 1.97. The van der Waals surface area contributed by atoms with Crippen LogP contribution in [-0.2, 0) is 0 Å². The average Bonchev–Trinajstić information content (AvgIpc) is 2.33. The van der Waals surface area contributed by atoms with Gasteiger partial charge in [-0.1, -0.05) is 0 Å². The summed E-state index contributed by atoms with van der Waals surface area (Å²) < 4.78 is 0. The first kappa shape index (κ1) is 7.54. The van der Waals surface area contributed by atoms with Gasteiger partial charge in [0.15, 0.2) is 0 Å². The monoisotopic (exact) mass is 141 g/mol. The highest BCUT2D eigenvalue weighted by Crippen LogP contribution is 2.11. The van der Waals surface area contributed by atoms with Crippen molar-refractivity contribution in [1.29, 1.82) is 0 Å². The van der Waals surface area contributed by atoms with Gasteiger partial charge in [0.25, 0.3) is 0 Å². The van der Waals surface area contributed by atoms with Crippen LogP contribution < -0.4 is 5.32 Å². The Morgan fingerprint density at radius 1 is 1.70 bits per heavy atom. The second-order valence-corrected chi connectivity index (χ2v) is 2.81. The smallest absolute Gasteiger partial charge is 0.101 e. The largest absolute Gasteiger partial charge is 0.299 e. The lowest BCUT2D eigenvalue weighted by atomic mass is 10.3. The molecule has 0 spiro atoms. The molecule has 0 fully saturated rings. The lowest BCUT2D eigenvalue weighted by Gasteiger charge is -2.26. The normalized spacial score (nSPS) is 24.8.